The van der Waals surface area contributed by atoms with Crippen molar-refractivity contribution in [2.45, 2.75) is 6.92 Å². The fraction of sp³-hybridized carbons (Fsp3) is 0.111. The number of carbonyl (C=O) groups is 1. The molecule has 0 bridgehead atoms. The zero-order chi connectivity index (χ0) is 18.0. The molecule has 0 saturated carbocycles. The highest BCUT2D eigenvalue weighted by Gasteiger charge is 2.24. The zero-order valence-corrected chi connectivity index (χ0v) is 16.6. The summed E-state index contributed by atoms with van der Waals surface area (Å²) in [6.07, 6.45) is 1.82. The van der Waals surface area contributed by atoms with E-state index in [2.05, 4.69) is 26.2 Å². The Bertz CT molecular complexity index is 912. The number of carbonyl (C=O) groups excluding carboxylic acids is 1. The van der Waals surface area contributed by atoms with Gasteiger partial charge in [-0.2, -0.15) is 0 Å². The maximum atomic E-state index is 12.2. The molecule has 1 N–H and O–H groups in total. The maximum absolute atomic E-state index is 12.2. The minimum absolute atomic E-state index is 0.165. The minimum Gasteiger partial charge on any atom is -0.496 e. The van der Waals surface area contributed by atoms with Crippen LogP contribution in [0.3, 0.4) is 0 Å². The van der Waals surface area contributed by atoms with Crippen LogP contribution in [0.2, 0.25) is 5.02 Å². The largest absolute Gasteiger partial charge is 0.496 e. The third-order valence-electron chi connectivity index (χ3n) is 3.51. The number of ether oxygens (including phenoxy) is 1. The van der Waals surface area contributed by atoms with Gasteiger partial charge in [0.2, 0.25) is 0 Å². The number of hydrogen-bond donors (Lipinski definition) is 1. The number of hydrogen-bond acceptors (Lipinski definition) is 4. The number of nitrogens with zero attached hydrogens (tertiary/aromatic N) is 1. The van der Waals surface area contributed by atoms with E-state index < -0.39 is 0 Å². The van der Waals surface area contributed by atoms with Gasteiger partial charge in [0.05, 0.1) is 22.2 Å². The molecule has 3 rings (SSSR count). The number of amidine groups is 1. The summed E-state index contributed by atoms with van der Waals surface area (Å²) < 4.78 is 6.05. The van der Waals surface area contributed by atoms with Crippen molar-refractivity contribution < 1.29 is 9.53 Å². The second kappa shape index (κ2) is 7.64. The smallest absolute Gasteiger partial charge is 0.264 e. The number of nitrogens with one attached hydrogen (secondary N) is 1. The molecule has 2 aromatic rings. The summed E-state index contributed by atoms with van der Waals surface area (Å²) in [7, 11) is 1.61. The van der Waals surface area contributed by atoms with Crippen LogP contribution in [0.25, 0.3) is 6.08 Å². The van der Waals surface area contributed by atoms with E-state index in [-0.39, 0.29) is 5.91 Å². The summed E-state index contributed by atoms with van der Waals surface area (Å²) in [5.41, 5.74) is 2.63. The van der Waals surface area contributed by atoms with Crippen molar-refractivity contribution in [2.24, 2.45) is 4.99 Å². The quantitative estimate of drug-likeness (QED) is 0.662. The lowest BCUT2D eigenvalue weighted by Gasteiger charge is -2.03. The van der Waals surface area contributed by atoms with Crippen LogP contribution in [0, 0.1) is 6.92 Å². The molecule has 1 fully saturated rings. The molecule has 0 spiro atoms. The molecule has 0 aliphatic carbocycles. The number of amides is 1. The summed E-state index contributed by atoms with van der Waals surface area (Å²) in [6.45, 7) is 1.93. The molecule has 2 aromatic carbocycles. The molecule has 7 heteroatoms. The Morgan fingerprint density at radius 3 is 2.76 bits per heavy atom. The maximum Gasteiger partial charge on any atom is 0.264 e. The summed E-state index contributed by atoms with van der Waals surface area (Å²) in [5.74, 6) is 0.577. The second-order valence-electron chi connectivity index (χ2n) is 5.31. The predicted molar refractivity (Wildman–Crippen MR) is 108 cm³/mol. The SMILES string of the molecule is COc1ccc(/C=C2\SC(=Nc3ccc(Cl)cc3C)NC2=O)cc1Br. The average Bonchev–Trinajstić information content (AvgIpc) is 2.90. The number of aryl methyl sites for hydroxylation is 1. The number of methoxy groups -OCH3 is 1. The zero-order valence-electron chi connectivity index (χ0n) is 13.5. The lowest BCUT2D eigenvalue weighted by Crippen LogP contribution is -2.19. The number of aliphatic imine (C=N–C) groups is 1. The fourth-order valence-electron chi connectivity index (χ4n) is 2.26. The minimum atomic E-state index is -0.165. The molecular formula is C18H14BrClN2O2S. The standard InChI is InChI=1S/C18H14BrClN2O2S/c1-10-7-12(20)4-5-14(10)21-18-22-17(23)16(25-18)9-11-3-6-15(24-2)13(19)8-11/h3-9H,1-2H3,(H,21,22,23)/b16-9-. The van der Waals surface area contributed by atoms with Gasteiger partial charge in [0, 0.05) is 5.02 Å². The monoisotopic (exact) mass is 436 g/mol. The van der Waals surface area contributed by atoms with Crippen LogP contribution in [0.15, 0.2) is 50.8 Å². The first-order chi connectivity index (χ1) is 12.0. The van der Waals surface area contributed by atoms with Gasteiger partial charge in [0.25, 0.3) is 5.91 Å². The van der Waals surface area contributed by atoms with E-state index in [4.69, 9.17) is 16.3 Å². The number of benzene rings is 2. The third kappa shape index (κ3) is 4.26. The van der Waals surface area contributed by atoms with Gasteiger partial charge < -0.3 is 10.1 Å². The van der Waals surface area contributed by atoms with Crippen molar-refractivity contribution in [3.63, 3.8) is 0 Å². The van der Waals surface area contributed by atoms with Crippen LogP contribution in [-0.2, 0) is 4.79 Å². The van der Waals surface area contributed by atoms with Crippen molar-refractivity contribution in [1.82, 2.24) is 5.32 Å². The molecule has 128 valence electrons. The highest BCUT2D eigenvalue weighted by atomic mass is 79.9. The normalized spacial score (nSPS) is 17.2. The summed E-state index contributed by atoms with van der Waals surface area (Å²) >= 11 is 10.7. The Kier molecular flexibility index (Phi) is 5.51. The summed E-state index contributed by atoms with van der Waals surface area (Å²) in [6, 6.07) is 11.1. The van der Waals surface area contributed by atoms with E-state index in [1.54, 1.807) is 13.2 Å². The van der Waals surface area contributed by atoms with E-state index in [1.807, 2.05) is 43.3 Å². The highest BCUT2D eigenvalue weighted by molar-refractivity contribution is 9.10. The summed E-state index contributed by atoms with van der Waals surface area (Å²) in [5, 5.41) is 4.00. The van der Waals surface area contributed by atoms with Crippen molar-refractivity contribution in [3.05, 3.63) is 61.9 Å². The van der Waals surface area contributed by atoms with E-state index in [1.165, 1.54) is 11.8 Å². The summed E-state index contributed by atoms with van der Waals surface area (Å²) in [4.78, 5) is 17.3. The predicted octanol–water partition coefficient (Wildman–Crippen LogP) is 5.31. The number of rotatable bonds is 3. The molecule has 1 heterocycles. The van der Waals surface area contributed by atoms with Crippen molar-refractivity contribution >= 4 is 62.1 Å². The molecule has 1 aliphatic heterocycles. The van der Waals surface area contributed by atoms with E-state index in [0.29, 0.717) is 15.1 Å². The molecule has 0 unspecified atom stereocenters. The highest BCUT2D eigenvalue weighted by Crippen LogP contribution is 2.32. The van der Waals surface area contributed by atoms with Crippen LogP contribution in [-0.4, -0.2) is 18.2 Å². The second-order valence-corrected chi connectivity index (χ2v) is 7.63. The molecule has 0 atom stereocenters. The first-order valence-corrected chi connectivity index (χ1v) is 9.34. The molecule has 4 nitrogen and oxygen atoms in total. The van der Waals surface area contributed by atoms with Crippen LogP contribution in [0.5, 0.6) is 5.75 Å². The Balaban J connectivity index is 1.84. The molecular weight excluding hydrogens is 424 g/mol. The number of thioether (sulfide) groups is 1. The van der Waals surface area contributed by atoms with Crippen LogP contribution in [0.4, 0.5) is 5.69 Å². The van der Waals surface area contributed by atoms with Gasteiger partial charge in [-0.05, 0) is 82.2 Å². The van der Waals surface area contributed by atoms with Crippen molar-refractivity contribution in [2.75, 3.05) is 7.11 Å². The Hall–Kier alpha value is -1.76. The van der Waals surface area contributed by atoms with Gasteiger partial charge in [-0.15, -0.1) is 0 Å². The first kappa shape index (κ1) is 18.0. The van der Waals surface area contributed by atoms with E-state index in [0.717, 1.165) is 27.0 Å². The van der Waals surface area contributed by atoms with Gasteiger partial charge in [-0.1, -0.05) is 17.7 Å². The van der Waals surface area contributed by atoms with Gasteiger partial charge in [0.15, 0.2) is 5.17 Å². The van der Waals surface area contributed by atoms with E-state index >= 15 is 0 Å². The van der Waals surface area contributed by atoms with Crippen molar-refractivity contribution in [1.29, 1.82) is 0 Å². The lowest BCUT2D eigenvalue weighted by atomic mass is 10.2. The Morgan fingerprint density at radius 1 is 1.28 bits per heavy atom. The van der Waals surface area contributed by atoms with Crippen LogP contribution in [0.1, 0.15) is 11.1 Å². The van der Waals surface area contributed by atoms with Gasteiger partial charge in [-0.25, -0.2) is 4.99 Å². The van der Waals surface area contributed by atoms with Gasteiger partial charge in [0.1, 0.15) is 5.75 Å². The molecule has 1 saturated heterocycles. The Labute approximate surface area is 163 Å². The average molecular weight is 438 g/mol. The van der Waals surface area contributed by atoms with Crippen LogP contribution >= 0.6 is 39.3 Å². The fourth-order valence-corrected chi connectivity index (χ4v) is 3.88. The molecule has 1 amide bonds. The molecule has 0 aromatic heterocycles. The van der Waals surface area contributed by atoms with E-state index in [9.17, 15) is 4.79 Å². The Morgan fingerprint density at radius 2 is 2.08 bits per heavy atom. The number of halogens is 2. The molecule has 1 aliphatic rings. The first-order valence-electron chi connectivity index (χ1n) is 7.35. The van der Waals surface area contributed by atoms with Crippen molar-refractivity contribution in [3.8, 4) is 5.75 Å². The third-order valence-corrected chi connectivity index (χ3v) is 5.27. The van der Waals surface area contributed by atoms with Crippen LogP contribution < -0.4 is 10.1 Å². The topological polar surface area (TPSA) is 50.7 Å². The van der Waals surface area contributed by atoms with Gasteiger partial charge >= 0.3 is 0 Å². The lowest BCUT2D eigenvalue weighted by molar-refractivity contribution is -0.115. The molecule has 0 radical (unpaired) electrons. The van der Waals surface area contributed by atoms with Gasteiger partial charge in [-0.3, -0.25) is 4.79 Å². The molecule has 25 heavy (non-hydrogen) atoms.